The number of piperidine rings is 1. The van der Waals surface area contributed by atoms with Crippen LogP contribution < -0.4 is 0 Å². The Morgan fingerprint density at radius 3 is 2.65 bits per heavy atom. The third-order valence-corrected chi connectivity index (χ3v) is 6.67. The molecule has 0 saturated carbocycles. The number of Topliss-reactive ketones (excluding diaryl/α,β-unsaturated/α-hetero) is 1. The number of nitrogens with zero attached hydrogens (tertiary/aromatic N) is 1. The molecule has 3 aliphatic rings. The Hall–Kier alpha value is -1.71. The van der Waals surface area contributed by atoms with Crippen molar-refractivity contribution < 1.29 is 9.53 Å². The van der Waals surface area contributed by atoms with E-state index in [4.69, 9.17) is 4.74 Å². The average Bonchev–Trinajstić information content (AvgIpc) is 3.14. The average molecular weight is 349 g/mol. The van der Waals surface area contributed by atoms with Gasteiger partial charge in [-0.15, -0.1) is 0 Å². The van der Waals surface area contributed by atoms with Gasteiger partial charge in [0.05, 0.1) is 0 Å². The van der Waals surface area contributed by atoms with Crippen LogP contribution in [-0.4, -0.2) is 43.0 Å². The lowest BCUT2D eigenvalue weighted by atomic mass is 9.86. The zero-order valence-electron chi connectivity index (χ0n) is 15.4. The van der Waals surface area contributed by atoms with Crippen LogP contribution in [0.3, 0.4) is 0 Å². The Bertz CT molecular complexity index is 827. The summed E-state index contributed by atoms with van der Waals surface area (Å²) in [4.78, 5) is 16.0. The van der Waals surface area contributed by atoms with E-state index in [1.807, 2.05) is 0 Å². The van der Waals surface area contributed by atoms with E-state index in [1.54, 1.807) is 0 Å². The highest BCUT2D eigenvalue weighted by molar-refractivity contribution is 6.11. The van der Waals surface area contributed by atoms with Crippen LogP contribution in [0, 0.1) is 5.92 Å². The summed E-state index contributed by atoms with van der Waals surface area (Å²) in [6.07, 6.45) is 6.62. The number of hydrogen-bond donors (Lipinski definition) is 0. The smallest absolute Gasteiger partial charge is 0.167 e. The second kappa shape index (κ2) is 6.79. The number of likely N-dealkylation sites (tertiary alicyclic amines) is 1. The summed E-state index contributed by atoms with van der Waals surface area (Å²) in [5.74, 6) is 0.502. The lowest BCUT2D eigenvalue weighted by Gasteiger charge is -2.39. The predicted molar refractivity (Wildman–Crippen MR) is 104 cm³/mol. The Morgan fingerprint density at radius 1 is 1.00 bits per heavy atom. The molecule has 2 aliphatic heterocycles. The molecule has 1 atom stereocenters. The molecular formula is C23H27NO2. The first-order valence-corrected chi connectivity index (χ1v) is 10.2. The van der Waals surface area contributed by atoms with Crippen LogP contribution in [0.25, 0.3) is 10.8 Å². The van der Waals surface area contributed by atoms with Gasteiger partial charge in [-0.05, 0) is 67.0 Å². The molecular weight excluding hydrogens is 322 g/mol. The minimum absolute atomic E-state index is 0.144. The Kier molecular flexibility index (Phi) is 4.30. The number of carbonyl (C=O) groups excluding carboxylic acids is 1. The molecule has 0 unspecified atom stereocenters. The van der Waals surface area contributed by atoms with E-state index in [-0.39, 0.29) is 5.92 Å². The van der Waals surface area contributed by atoms with Gasteiger partial charge in [-0.3, -0.25) is 9.69 Å². The predicted octanol–water partition coefficient (Wildman–Crippen LogP) is 4.01. The molecule has 26 heavy (non-hydrogen) atoms. The van der Waals surface area contributed by atoms with E-state index in [0.717, 1.165) is 70.4 Å². The number of ketones is 1. The van der Waals surface area contributed by atoms with Gasteiger partial charge in [-0.1, -0.05) is 30.3 Å². The zero-order chi connectivity index (χ0) is 17.5. The van der Waals surface area contributed by atoms with Crippen molar-refractivity contribution in [2.24, 2.45) is 5.92 Å². The third-order valence-electron chi connectivity index (χ3n) is 6.67. The molecule has 2 heterocycles. The lowest BCUT2D eigenvalue weighted by Crippen LogP contribution is -2.46. The summed E-state index contributed by atoms with van der Waals surface area (Å²) in [5, 5.41) is 2.54. The molecule has 3 nitrogen and oxygen atoms in total. The normalized spacial score (nSPS) is 24.2. The van der Waals surface area contributed by atoms with Gasteiger partial charge in [0.2, 0.25) is 0 Å². The summed E-state index contributed by atoms with van der Waals surface area (Å²) in [6, 6.07) is 11.4. The maximum absolute atomic E-state index is 13.4. The Morgan fingerprint density at radius 2 is 1.81 bits per heavy atom. The van der Waals surface area contributed by atoms with Crippen LogP contribution in [0.1, 0.15) is 47.2 Å². The molecule has 2 aromatic carbocycles. The van der Waals surface area contributed by atoms with E-state index in [9.17, 15) is 4.79 Å². The second-order valence-electron chi connectivity index (χ2n) is 8.15. The van der Waals surface area contributed by atoms with E-state index < -0.39 is 0 Å². The standard InChI is InChI=1S/C23H27NO2/c25-23(18-4-2-12-24(15-18)19-10-13-26-14-11-19)21-9-8-17-7-6-16-3-1-5-20(21)22(16)17/h1,3,5,8-9,18-19H,2,4,6-7,10-15H2/t18-/m1/s1. The SMILES string of the molecule is O=C(c1ccc2c3c(cccc13)CC2)[C@@H]1CCCN(C2CCOCC2)C1. The molecule has 136 valence electrons. The monoisotopic (exact) mass is 349 g/mol. The topological polar surface area (TPSA) is 29.5 Å². The molecule has 0 N–H and O–H groups in total. The molecule has 5 rings (SSSR count). The van der Waals surface area contributed by atoms with E-state index in [0.29, 0.717) is 11.8 Å². The minimum atomic E-state index is 0.144. The number of benzene rings is 2. The fraction of sp³-hybridized carbons (Fsp3) is 0.522. The second-order valence-corrected chi connectivity index (χ2v) is 8.15. The number of ether oxygens (including phenoxy) is 1. The Balaban J connectivity index is 1.42. The Labute approximate surface area is 155 Å². The van der Waals surface area contributed by atoms with Crippen LogP contribution in [0.2, 0.25) is 0 Å². The molecule has 0 aromatic heterocycles. The van der Waals surface area contributed by atoms with Crippen molar-refractivity contribution in [2.45, 2.75) is 44.6 Å². The quantitative estimate of drug-likeness (QED) is 0.784. The number of aryl methyl sites for hydroxylation is 2. The van der Waals surface area contributed by atoms with Gasteiger partial charge < -0.3 is 4.74 Å². The van der Waals surface area contributed by atoms with E-state index in [1.165, 1.54) is 21.9 Å². The van der Waals surface area contributed by atoms with Crippen LogP contribution in [0.5, 0.6) is 0 Å². The summed E-state index contributed by atoms with van der Waals surface area (Å²) in [6.45, 7) is 3.80. The maximum atomic E-state index is 13.4. The minimum Gasteiger partial charge on any atom is -0.381 e. The molecule has 3 heteroatoms. The van der Waals surface area contributed by atoms with Crippen LogP contribution in [0.15, 0.2) is 30.3 Å². The summed E-state index contributed by atoms with van der Waals surface area (Å²) >= 11 is 0. The van der Waals surface area contributed by atoms with Gasteiger partial charge in [-0.25, -0.2) is 0 Å². The van der Waals surface area contributed by atoms with Crippen molar-refractivity contribution in [3.05, 3.63) is 47.0 Å². The van der Waals surface area contributed by atoms with Gasteiger partial charge in [-0.2, -0.15) is 0 Å². The van der Waals surface area contributed by atoms with Gasteiger partial charge >= 0.3 is 0 Å². The number of hydrogen-bond acceptors (Lipinski definition) is 3. The molecule has 0 amide bonds. The van der Waals surface area contributed by atoms with Gasteiger partial charge in [0.25, 0.3) is 0 Å². The zero-order valence-corrected chi connectivity index (χ0v) is 15.4. The molecule has 0 radical (unpaired) electrons. The van der Waals surface area contributed by atoms with Crippen molar-refractivity contribution in [1.29, 1.82) is 0 Å². The van der Waals surface area contributed by atoms with Gasteiger partial charge in [0, 0.05) is 37.3 Å². The number of carbonyl (C=O) groups is 1. The van der Waals surface area contributed by atoms with Gasteiger partial charge in [0.15, 0.2) is 5.78 Å². The molecule has 2 fully saturated rings. The molecule has 2 saturated heterocycles. The largest absolute Gasteiger partial charge is 0.381 e. The summed E-state index contributed by atoms with van der Waals surface area (Å²) in [5.41, 5.74) is 3.78. The molecule has 0 bridgehead atoms. The maximum Gasteiger partial charge on any atom is 0.167 e. The first-order valence-electron chi connectivity index (χ1n) is 10.2. The van der Waals surface area contributed by atoms with Crippen molar-refractivity contribution in [2.75, 3.05) is 26.3 Å². The van der Waals surface area contributed by atoms with Crippen molar-refractivity contribution in [3.63, 3.8) is 0 Å². The molecule has 2 aromatic rings. The van der Waals surface area contributed by atoms with E-state index >= 15 is 0 Å². The third kappa shape index (κ3) is 2.78. The number of rotatable bonds is 3. The fourth-order valence-corrected chi connectivity index (χ4v) is 5.28. The van der Waals surface area contributed by atoms with Crippen LogP contribution in [-0.2, 0) is 17.6 Å². The fourth-order valence-electron chi connectivity index (χ4n) is 5.28. The lowest BCUT2D eigenvalue weighted by molar-refractivity contribution is 0.0183. The molecule has 1 aliphatic carbocycles. The van der Waals surface area contributed by atoms with Crippen LogP contribution in [0.4, 0.5) is 0 Å². The van der Waals surface area contributed by atoms with Gasteiger partial charge in [0.1, 0.15) is 0 Å². The van der Waals surface area contributed by atoms with Crippen LogP contribution >= 0.6 is 0 Å². The first kappa shape index (κ1) is 16.5. The highest BCUT2D eigenvalue weighted by Crippen LogP contribution is 2.35. The highest BCUT2D eigenvalue weighted by Gasteiger charge is 2.32. The van der Waals surface area contributed by atoms with Crippen molar-refractivity contribution >= 4 is 16.6 Å². The summed E-state index contributed by atoms with van der Waals surface area (Å²) < 4.78 is 5.52. The van der Waals surface area contributed by atoms with Crippen molar-refractivity contribution in [3.8, 4) is 0 Å². The van der Waals surface area contributed by atoms with Crippen molar-refractivity contribution in [1.82, 2.24) is 4.90 Å². The highest BCUT2D eigenvalue weighted by atomic mass is 16.5. The first-order chi connectivity index (χ1) is 12.8. The molecule has 0 spiro atoms. The summed E-state index contributed by atoms with van der Waals surface area (Å²) in [7, 11) is 0. The van der Waals surface area contributed by atoms with E-state index in [2.05, 4.69) is 35.2 Å².